The Morgan fingerprint density at radius 2 is 1.83 bits per heavy atom. The molecule has 0 amide bonds. The van der Waals surface area contributed by atoms with E-state index in [2.05, 4.69) is 43.9 Å². The summed E-state index contributed by atoms with van der Waals surface area (Å²) in [5.74, 6) is 0. The second kappa shape index (κ2) is 4.65. The molecular weight excluding hydrogens is 148 g/mol. The van der Waals surface area contributed by atoms with Crippen molar-refractivity contribution in [2.24, 2.45) is 15.4 Å². The molecule has 0 fully saturated rings. The van der Waals surface area contributed by atoms with Crippen molar-refractivity contribution in [1.29, 1.82) is 0 Å². The van der Waals surface area contributed by atoms with E-state index in [1.54, 1.807) is 6.21 Å². The normalized spacial score (nSPS) is 12.6. The Balaban J connectivity index is 4.10. The van der Waals surface area contributed by atoms with Gasteiger partial charge in [-0.25, -0.2) is 9.98 Å². The van der Waals surface area contributed by atoms with Gasteiger partial charge in [-0.15, -0.1) is 0 Å². The summed E-state index contributed by atoms with van der Waals surface area (Å²) >= 11 is 0. The van der Waals surface area contributed by atoms with Crippen molar-refractivity contribution in [2.45, 2.75) is 20.8 Å². The van der Waals surface area contributed by atoms with Gasteiger partial charge in [0.25, 0.3) is 0 Å². The van der Waals surface area contributed by atoms with Gasteiger partial charge in [0.1, 0.15) is 6.34 Å². The minimum Gasteiger partial charge on any atom is -0.246 e. The van der Waals surface area contributed by atoms with Crippen LogP contribution in [0, 0.1) is 5.41 Å². The Kier molecular flexibility index (Phi) is 4.19. The molecule has 0 aromatic rings. The van der Waals surface area contributed by atoms with Crippen molar-refractivity contribution in [2.75, 3.05) is 0 Å². The van der Waals surface area contributed by atoms with Crippen LogP contribution in [0.15, 0.2) is 34.9 Å². The van der Waals surface area contributed by atoms with Crippen molar-refractivity contribution in [3.05, 3.63) is 24.9 Å². The van der Waals surface area contributed by atoms with Crippen LogP contribution in [-0.2, 0) is 0 Å². The molecule has 2 heteroatoms. The topological polar surface area (TPSA) is 24.7 Å². The number of hydrogen-bond acceptors (Lipinski definition) is 1. The number of hydrogen-bond donors (Lipinski definition) is 0. The summed E-state index contributed by atoms with van der Waals surface area (Å²) in [4.78, 5) is 7.67. The molecule has 0 aliphatic heterocycles. The molecule has 0 aromatic heterocycles. The standard InChI is InChI=1S/C10H16N2/c1-6-11-8-12-7-9(2)10(3,4)5/h6-8H,1-2H2,3-5H3/b11-8-,12-7-. The highest BCUT2D eigenvalue weighted by Crippen LogP contribution is 2.21. The van der Waals surface area contributed by atoms with Gasteiger partial charge < -0.3 is 0 Å². The van der Waals surface area contributed by atoms with Gasteiger partial charge >= 0.3 is 0 Å². The molecule has 0 aliphatic rings. The van der Waals surface area contributed by atoms with Gasteiger partial charge in [0, 0.05) is 12.4 Å². The lowest BCUT2D eigenvalue weighted by atomic mass is 9.88. The highest BCUT2D eigenvalue weighted by Gasteiger charge is 2.11. The lowest BCUT2D eigenvalue weighted by molar-refractivity contribution is 0.528. The van der Waals surface area contributed by atoms with Gasteiger partial charge in [-0.3, -0.25) is 0 Å². The van der Waals surface area contributed by atoms with Crippen molar-refractivity contribution in [1.82, 2.24) is 0 Å². The summed E-state index contributed by atoms with van der Waals surface area (Å²) < 4.78 is 0. The van der Waals surface area contributed by atoms with Crippen LogP contribution in [0.3, 0.4) is 0 Å². The van der Waals surface area contributed by atoms with E-state index in [4.69, 9.17) is 0 Å². The largest absolute Gasteiger partial charge is 0.246 e. The van der Waals surface area contributed by atoms with Crippen LogP contribution in [-0.4, -0.2) is 12.6 Å². The molecule has 12 heavy (non-hydrogen) atoms. The van der Waals surface area contributed by atoms with Crippen LogP contribution >= 0.6 is 0 Å². The van der Waals surface area contributed by atoms with Crippen LogP contribution in [0.2, 0.25) is 0 Å². The van der Waals surface area contributed by atoms with E-state index < -0.39 is 0 Å². The highest BCUT2D eigenvalue weighted by atomic mass is 14.8. The van der Waals surface area contributed by atoms with Gasteiger partial charge in [0.2, 0.25) is 0 Å². The third kappa shape index (κ3) is 4.61. The summed E-state index contributed by atoms with van der Waals surface area (Å²) in [6, 6.07) is 0. The summed E-state index contributed by atoms with van der Waals surface area (Å²) in [5.41, 5.74) is 1.06. The molecule has 0 saturated carbocycles. The second-order valence-corrected chi connectivity index (χ2v) is 3.50. The van der Waals surface area contributed by atoms with Crippen LogP contribution in [0.5, 0.6) is 0 Å². The first-order valence-corrected chi connectivity index (χ1v) is 3.83. The van der Waals surface area contributed by atoms with Crippen LogP contribution in [0.4, 0.5) is 0 Å². The minimum absolute atomic E-state index is 0.0749. The average Bonchev–Trinajstić information content (AvgIpc) is 1.96. The first kappa shape index (κ1) is 10.8. The fraction of sp³-hybridized carbons (Fsp3) is 0.400. The second-order valence-electron chi connectivity index (χ2n) is 3.50. The molecule has 0 spiro atoms. The zero-order valence-corrected chi connectivity index (χ0v) is 8.04. The molecule has 0 aromatic carbocycles. The third-order valence-corrected chi connectivity index (χ3v) is 1.43. The van der Waals surface area contributed by atoms with Gasteiger partial charge in [-0.2, -0.15) is 0 Å². The fourth-order valence-electron chi connectivity index (χ4n) is 0.403. The van der Waals surface area contributed by atoms with E-state index >= 15 is 0 Å². The number of aliphatic imine (C=N–C) groups is 2. The molecule has 0 saturated heterocycles. The molecule has 0 N–H and O–H groups in total. The first-order valence-electron chi connectivity index (χ1n) is 3.83. The van der Waals surface area contributed by atoms with Crippen molar-refractivity contribution < 1.29 is 0 Å². The molecule has 0 aliphatic carbocycles. The predicted molar refractivity (Wildman–Crippen MR) is 55.8 cm³/mol. The van der Waals surface area contributed by atoms with E-state index in [-0.39, 0.29) is 5.41 Å². The molecule has 0 unspecified atom stereocenters. The van der Waals surface area contributed by atoms with Gasteiger partial charge in [0.05, 0.1) is 0 Å². The van der Waals surface area contributed by atoms with Crippen LogP contribution < -0.4 is 0 Å². The van der Waals surface area contributed by atoms with E-state index in [0.29, 0.717) is 0 Å². The number of nitrogens with zero attached hydrogens (tertiary/aromatic N) is 2. The Labute approximate surface area is 74.4 Å². The lowest BCUT2D eigenvalue weighted by Gasteiger charge is -2.17. The van der Waals surface area contributed by atoms with Crippen LogP contribution in [0.1, 0.15) is 20.8 Å². The quantitative estimate of drug-likeness (QED) is 0.452. The number of rotatable bonds is 3. The summed E-state index contributed by atoms with van der Waals surface area (Å²) in [6.07, 6.45) is 4.61. The van der Waals surface area contributed by atoms with E-state index in [0.717, 1.165) is 5.57 Å². The molecule has 2 nitrogen and oxygen atoms in total. The Hall–Kier alpha value is -1.18. The molecular formula is C10H16N2. The van der Waals surface area contributed by atoms with Crippen molar-refractivity contribution in [3.63, 3.8) is 0 Å². The summed E-state index contributed by atoms with van der Waals surface area (Å²) in [6.45, 7) is 13.6. The molecule has 66 valence electrons. The minimum atomic E-state index is 0.0749. The summed E-state index contributed by atoms with van der Waals surface area (Å²) in [5, 5.41) is 0. The van der Waals surface area contributed by atoms with Crippen molar-refractivity contribution >= 4 is 12.6 Å². The molecule has 0 bridgehead atoms. The van der Waals surface area contributed by atoms with Gasteiger partial charge in [-0.1, -0.05) is 33.9 Å². The zero-order valence-electron chi connectivity index (χ0n) is 8.04. The molecule has 0 heterocycles. The maximum absolute atomic E-state index is 3.94. The Bertz CT molecular complexity index is 216. The smallest absolute Gasteiger partial charge is 0.115 e. The average molecular weight is 164 g/mol. The van der Waals surface area contributed by atoms with E-state index in [9.17, 15) is 0 Å². The molecule has 0 rings (SSSR count). The van der Waals surface area contributed by atoms with Gasteiger partial charge in [-0.05, 0) is 11.0 Å². The summed E-state index contributed by atoms with van der Waals surface area (Å²) in [7, 11) is 0. The highest BCUT2D eigenvalue weighted by molar-refractivity contribution is 5.85. The monoisotopic (exact) mass is 164 g/mol. The Morgan fingerprint density at radius 1 is 1.25 bits per heavy atom. The fourth-order valence-corrected chi connectivity index (χ4v) is 0.403. The maximum atomic E-state index is 3.94. The molecule has 0 radical (unpaired) electrons. The SMILES string of the molecule is C=C/N=C\N=C/C(=C)C(C)(C)C. The maximum Gasteiger partial charge on any atom is 0.115 e. The van der Waals surface area contributed by atoms with E-state index in [1.807, 2.05) is 0 Å². The first-order chi connectivity index (χ1) is 5.48. The van der Waals surface area contributed by atoms with E-state index in [1.165, 1.54) is 12.5 Å². The van der Waals surface area contributed by atoms with Crippen LogP contribution in [0.25, 0.3) is 0 Å². The molecule has 0 atom stereocenters. The Morgan fingerprint density at radius 3 is 2.25 bits per heavy atom. The zero-order chi connectivity index (χ0) is 9.61. The van der Waals surface area contributed by atoms with Gasteiger partial charge in [0.15, 0.2) is 0 Å². The third-order valence-electron chi connectivity index (χ3n) is 1.43. The predicted octanol–water partition coefficient (Wildman–Crippen LogP) is 2.83. The number of allylic oxidation sites excluding steroid dienone is 1. The van der Waals surface area contributed by atoms with Crippen molar-refractivity contribution in [3.8, 4) is 0 Å². The lowest BCUT2D eigenvalue weighted by Crippen LogP contribution is -2.08.